The van der Waals surface area contributed by atoms with Crippen molar-refractivity contribution in [1.82, 2.24) is 10.2 Å². The lowest BCUT2D eigenvalue weighted by Crippen LogP contribution is -2.39. The lowest BCUT2D eigenvalue weighted by atomic mass is 10.3. The Morgan fingerprint density at radius 2 is 1.86 bits per heavy atom. The van der Waals surface area contributed by atoms with Gasteiger partial charge >= 0.3 is 6.18 Å². The zero-order valence-electron chi connectivity index (χ0n) is 8.14. The van der Waals surface area contributed by atoms with Gasteiger partial charge in [0.2, 0.25) is 0 Å². The van der Waals surface area contributed by atoms with Crippen LogP contribution in [0.4, 0.5) is 13.2 Å². The molecule has 0 aromatic carbocycles. The van der Waals surface area contributed by atoms with Crippen LogP contribution in [0.15, 0.2) is 0 Å². The Bertz CT molecular complexity index is 207. The molecule has 1 saturated carbocycles. The van der Waals surface area contributed by atoms with Crippen LogP contribution in [-0.4, -0.2) is 43.3 Å². The van der Waals surface area contributed by atoms with Gasteiger partial charge in [0.05, 0.1) is 6.54 Å². The van der Waals surface area contributed by atoms with Gasteiger partial charge in [0.25, 0.3) is 0 Å². The van der Waals surface area contributed by atoms with E-state index in [1.54, 1.807) is 11.8 Å². The van der Waals surface area contributed by atoms with E-state index in [1.807, 2.05) is 0 Å². The van der Waals surface area contributed by atoms with Crippen LogP contribution in [0.25, 0.3) is 0 Å². The number of halogens is 3. The summed E-state index contributed by atoms with van der Waals surface area (Å²) in [6.07, 6.45) is -4.06. The Morgan fingerprint density at radius 1 is 1.29 bits per heavy atom. The molecule has 1 heterocycles. The third-order valence-corrected chi connectivity index (χ3v) is 3.26. The van der Waals surface area contributed by atoms with Gasteiger partial charge in [-0.3, -0.25) is 4.90 Å². The van der Waals surface area contributed by atoms with E-state index in [0.717, 1.165) is 13.1 Å². The molecule has 5 heteroatoms. The Labute approximate surface area is 81.5 Å². The molecule has 1 N–H and O–H groups in total. The summed E-state index contributed by atoms with van der Waals surface area (Å²) in [5.74, 6) is 0.939. The monoisotopic (exact) mass is 208 g/mol. The van der Waals surface area contributed by atoms with Gasteiger partial charge in [-0.1, -0.05) is 6.92 Å². The Morgan fingerprint density at radius 3 is 2.29 bits per heavy atom. The summed E-state index contributed by atoms with van der Waals surface area (Å²) >= 11 is 0. The van der Waals surface area contributed by atoms with Gasteiger partial charge in [0.1, 0.15) is 0 Å². The molecule has 0 bridgehead atoms. The molecule has 0 aromatic rings. The van der Waals surface area contributed by atoms with Crippen LogP contribution < -0.4 is 5.32 Å². The zero-order valence-corrected chi connectivity index (χ0v) is 8.14. The maximum Gasteiger partial charge on any atom is 0.401 e. The van der Waals surface area contributed by atoms with Crippen molar-refractivity contribution in [2.45, 2.75) is 19.1 Å². The summed E-state index contributed by atoms with van der Waals surface area (Å²) < 4.78 is 36.6. The highest BCUT2D eigenvalue weighted by molar-refractivity contribution is 5.10. The summed E-state index contributed by atoms with van der Waals surface area (Å²) in [7, 11) is 0. The summed E-state index contributed by atoms with van der Waals surface area (Å²) in [6, 6.07) is 0.183. The number of rotatable bonds is 3. The van der Waals surface area contributed by atoms with Gasteiger partial charge in [-0.15, -0.1) is 0 Å². The first-order chi connectivity index (χ1) is 6.53. The van der Waals surface area contributed by atoms with Gasteiger partial charge in [0.15, 0.2) is 0 Å². The first kappa shape index (κ1) is 10.2. The third kappa shape index (κ3) is 1.88. The number of fused-ring (bicyclic) bond motifs is 1. The number of piperidine rings is 1. The van der Waals surface area contributed by atoms with E-state index in [0.29, 0.717) is 18.4 Å². The largest absolute Gasteiger partial charge is 0.401 e. The number of hydrogen-bond donors (Lipinski definition) is 1. The standard InChI is InChI=1S/C9H15F3N2/c1-2-14(5-9(10,11)12)8-6-3-13-4-7(6)8/h6-8,13H,2-5H2,1H3. The van der Waals surface area contributed by atoms with Gasteiger partial charge < -0.3 is 5.32 Å². The number of alkyl halides is 3. The SMILES string of the molecule is CCN(CC(F)(F)F)C1C2CNCC21. The molecule has 2 atom stereocenters. The molecular formula is C9H15F3N2. The Hall–Kier alpha value is -0.290. The van der Waals surface area contributed by atoms with E-state index < -0.39 is 12.7 Å². The molecule has 2 aliphatic rings. The highest BCUT2D eigenvalue weighted by atomic mass is 19.4. The van der Waals surface area contributed by atoms with E-state index >= 15 is 0 Å². The van der Waals surface area contributed by atoms with Crippen molar-refractivity contribution < 1.29 is 13.2 Å². The first-order valence-corrected chi connectivity index (χ1v) is 5.04. The van der Waals surface area contributed by atoms with E-state index in [1.165, 1.54) is 0 Å². The van der Waals surface area contributed by atoms with E-state index in [9.17, 15) is 13.2 Å². The second-order valence-corrected chi connectivity index (χ2v) is 4.15. The fourth-order valence-corrected chi connectivity index (χ4v) is 2.59. The van der Waals surface area contributed by atoms with Crippen LogP contribution in [0.3, 0.4) is 0 Å². The topological polar surface area (TPSA) is 15.3 Å². The molecule has 0 radical (unpaired) electrons. The normalized spacial score (nSPS) is 36.2. The van der Waals surface area contributed by atoms with Gasteiger partial charge in [-0.25, -0.2) is 0 Å². The minimum absolute atomic E-state index is 0.183. The predicted molar refractivity (Wildman–Crippen MR) is 46.9 cm³/mol. The molecule has 2 nitrogen and oxygen atoms in total. The lowest BCUT2D eigenvalue weighted by Gasteiger charge is -2.23. The molecule has 1 saturated heterocycles. The lowest BCUT2D eigenvalue weighted by molar-refractivity contribution is -0.147. The minimum atomic E-state index is -4.06. The molecule has 0 spiro atoms. The molecule has 1 aliphatic heterocycles. The van der Waals surface area contributed by atoms with Crippen molar-refractivity contribution in [3.8, 4) is 0 Å². The average Bonchev–Trinajstić information content (AvgIpc) is 2.56. The quantitative estimate of drug-likeness (QED) is 0.746. The van der Waals surface area contributed by atoms with E-state index in [4.69, 9.17) is 0 Å². The Kier molecular flexibility index (Phi) is 2.47. The number of nitrogens with zero attached hydrogens (tertiary/aromatic N) is 1. The third-order valence-electron chi connectivity index (χ3n) is 3.26. The zero-order chi connectivity index (χ0) is 10.3. The minimum Gasteiger partial charge on any atom is -0.316 e. The molecule has 1 aliphatic carbocycles. The molecule has 14 heavy (non-hydrogen) atoms. The van der Waals surface area contributed by atoms with Crippen LogP contribution >= 0.6 is 0 Å². The molecule has 2 rings (SSSR count). The maximum absolute atomic E-state index is 12.2. The highest BCUT2D eigenvalue weighted by Gasteiger charge is 2.56. The van der Waals surface area contributed by atoms with Crippen molar-refractivity contribution in [2.24, 2.45) is 11.8 Å². The highest BCUT2D eigenvalue weighted by Crippen LogP contribution is 2.46. The van der Waals surface area contributed by atoms with Crippen molar-refractivity contribution >= 4 is 0 Å². The number of hydrogen-bond acceptors (Lipinski definition) is 2. The van der Waals surface area contributed by atoms with E-state index in [2.05, 4.69) is 5.32 Å². The first-order valence-electron chi connectivity index (χ1n) is 5.04. The maximum atomic E-state index is 12.2. The fraction of sp³-hybridized carbons (Fsp3) is 1.00. The predicted octanol–water partition coefficient (Wildman–Crippen LogP) is 1.09. The Balaban J connectivity index is 1.89. The summed E-state index contributed by atoms with van der Waals surface area (Å²) in [6.45, 7) is 3.33. The smallest absolute Gasteiger partial charge is 0.316 e. The van der Waals surface area contributed by atoms with Crippen molar-refractivity contribution in [3.63, 3.8) is 0 Å². The van der Waals surface area contributed by atoms with Crippen LogP contribution in [0, 0.1) is 11.8 Å². The average molecular weight is 208 g/mol. The van der Waals surface area contributed by atoms with Gasteiger partial charge in [0, 0.05) is 6.04 Å². The fourth-order valence-electron chi connectivity index (χ4n) is 2.59. The summed E-state index contributed by atoms with van der Waals surface area (Å²) in [5.41, 5.74) is 0. The molecular weight excluding hydrogens is 193 g/mol. The van der Waals surface area contributed by atoms with Crippen molar-refractivity contribution in [1.29, 1.82) is 0 Å². The van der Waals surface area contributed by atoms with Crippen LogP contribution in [-0.2, 0) is 0 Å². The number of nitrogens with one attached hydrogen (secondary N) is 1. The molecule has 82 valence electrons. The second kappa shape index (κ2) is 3.38. The molecule has 2 fully saturated rings. The molecule has 2 unspecified atom stereocenters. The van der Waals surface area contributed by atoms with E-state index in [-0.39, 0.29) is 6.04 Å². The van der Waals surface area contributed by atoms with Crippen LogP contribution in [0.2, 0.25) is 0 Å². The molecule has 0 amide bonds. The second-order valence-electron chi connectivity index (χ2n) is 4.15. The summed E-state index contributed by atoms with van der Waals surface area (Å²) in [4.78, 5) is 1.57. The van der Waals surface area contributed by atoms with Gasteiger partial charge in [-0.2, -0.15) is 13.2 Å². The van der Waals surface area contributed by atoms with Gasteiger partial charge in [-0.05, 0) is 31.5 Å². The molecule has 0 aromatic heterocycles. The van der Waals surface area contributed by atoms with Crippen LogP contribution in [0.1, 0.15) is 6.92 Å². The van der Waals surface area contributed by atoms with Crippen molar-refractivity contribution in [3.05, 3.63) is 0 Å². The van der Waals surface area contributed by atoms with Crippen LogP contribution in [0.5, 0.6) is 0 Å². The summed E-state index contributed by atoms with van der Waals surface area (Å²) in [5, 5.41) is 3.19. The van der Waals surface area contributed by atoms with Crippen molar-refractivity contribution in [2.75, 3.05) is 26.2 Å².